The third-order valence-corrected chi connectivity index (χ3v) is 8.85. The van der Waals surface area contributed by atoms with Crippen LogP contribution in [0.5, 0.6) is 5.75 Å². The van der Waals surface area contributed by atoms with E-state index in [2.05, 4.69) is 10.3 Å². The summed E-state index contributed by atoms with van der Waals surface area (Å²) in [4.78, 5) is 31.3. The molecule has 39 heavy (non-hydrogen) atoms. The number of nitrogens with one attached hydrogen (secondary N) is 1. The largest absolute Gasteiger partial charge is 0.501 e. The lowest BCUT2D eigenvalue weighted by Crippen LogP contribution is -2.44. The van der Waals surface area contributed by atoms with E-state index in [0.29, 0.717) is 41.7 Å². The molecule has 1 saturated carbocycles. The second-order valence-corrected chi connectivity index (χ2v) is 11.9. The Morgan fingerprint density at radius 3 is 2.54 bits per heavy atom. The van der Waals surface area contributed by atoms with Gasteiger partial charge >= 0.3 is 0 Å². The number of hydrogen-bond acceptors (Lipinski definition) is 7. The van der Waals surface area contributed by atoms with Crippen molar-refractivity contribution in [3.63, 3.8) is 0 Å². The maximum absolute atomic E-state index is 13.6. The average molecular weight is 555 g/mol. The number of aryl methyl sites for hydroxylation is 2. The van der Waals surface area contributed by atoms with Crippen LogP contribution in [-0.4, -0.2) is 31.4 Å². The number of carbonyl (C=O) groups is 1. The predicted octanol–water partition coefficient (Wildman–Crippen LogP) is 3.10. The molecule has 206 valence electrons. The van der Waals surface area contributed by atoms with Crippen molar-refractivity contribution in [2.45, 2.75) is 63.1 Å². The van der Waals surface area contributed by atoms with Crippen molar-refractivity contribution in [1.29, 1.82) is 0 Å². The van der Waals surface area contributed by atoms with Crippen LogP contribution >= 0.6 is 0 Å². The maximum Gasteiger partial charge on any atom is 0.296 e. The van der Waals surface area contributed by atoms with Crippen LogP contribution in [0, 0.1) is 25.1 Å². The number of rotatable bonds is 7. The van der Waals surface area contributed by atoms with E-state index in [4.69, 9.17) is 9.92 Å². The summed E-state index contributed by atoms with van der Waals surface area (Å²) in [6.45, 7) is 3.93. The lowest BCUT2D eigenvalue weighted by molar-refractivity contribution is 0.0743. The highest BCUT2D eigenvalue weighted by atomic mass is 32.2. The van der Waals surface area contributed by atoms with Gasteiger partial charge in [0.25, 0.3) is 11.5 Å². The molecule has 0 radical (unpaired) electrons. The van der Waals surface area contributed by atoms with E-state index in [9.17, 15) is 23.3 Å². The quantitative estimate of drug-likeness (QED) is 0.408. The van der Waals surface area contributed by atoms with Gasteiger partial charge in [-0.1, -0.05) is 29.8 Å². The van der Waals surface area contributed by atoms with E-state index >= 15 is 0 Å². The Morgan fingerprint density at radius 2 is 1.87 bits per heavy atom. The van der Waals surface area contributed by atoms with Crippen LogP contribution < -0.4 is 16.6 Å². The lowest BCUT2D eigenvalue weighted by atomic mass is 9.69. The summed E-state index contributed by atoms with van der Waals surface area (Å²) in [7, 11) is 0. The summed E-state index contributed by atoms with van der Waals surface area (Å²) in [5.41, 5.74) is 6.23. The number of aromatic hydroxyl groups is 1. The first-order valence-corrected chi connectivity index (χ1v) is 13.9. The Bertz CT molecular complexity index is 1510. The molecule has 0 saturated heterocycles. The van der Waals surface area contributed by atoms with Crippen LogP contribution in [0.3, 0.4) is 0 Å². The van der Waals surface area contributed by atoms with Gasteiger partial charge in [0, 0.05) is 18.5 Å². The molecule has 4 N–H and O–H groups in total. The molecule has 1 unspecified atom stereocenters. The fourth-order valence-corrected chi connectivity index (χ4v) is 6.19. The number of nitrogens with zero attached hydrogens (tertiary/aromatic N) is 2. The van der Waals surface area contributed by atoms with Crippen molar-refractivity contribution >= 4 is 17.0 Å². The first-order valence-electron chi connectivity index (χ1n) is 12.8. The molecule has 1 fully saturated rings. The van der Waals surface area contributed by atoms with E-state index in [1.807, 2.05) is 19.1 Å². The van der Waals surface area contributed by atoms with Crippen molar-refractivity contribution < 1.29 is 22.7 Å². The fourth-order valence-electron chi connectivity index (χ4n) is 5.34. The first-order chi connectivity index (χ1) is 18.5. The summed E-state index contributed by atoms with van der Waals surface area (Å²) in [6, 6.07) is 11.7. The smallest absolute Gasteiger partial charge is 0.296 e. The Balaban J connectivity index is 1.38. The lowest BCUT2D eigenvalue weighted by Gasteiger charge is -2.39. The van der Waals surface area contributed by atoms with Crippen LogP contribution in [-0.2, 0) is 33.9 Å². The second kappa shape index (κ2) is 10.3. The molecule has 6 rings (SSSR count). The van der Waals surface area contributed by atoms with Crippen molar-refractivity contribution in [2.75, 3.05) is 6.61 Å². The van der Waals surface area contributed by atoms with Crippen molar-refractivity contribution in [2.24, 2.45) is 11.1 Å². The number of fused-ring (bicyclic) bond motifs is 2. The molecular formula is C28H31FN4O5S. The molecule has 1 aromatic heterocycles. The van der Waals surface area contributed by atoms with E-state index in [-0.39, 0.29) is 31.3 Å². The van der Waals surface area contributed by atoms with Gasteiger partial charge in [-0.15, -0.1) is 0 Å². The van der Waals surface area contributed by atoms with Gasteiger partial charge in [0.05, 0.1) is 17.0 Å². The van der Waals surface area contributed by atoms with Gasteiger partial charge in [-0.05, 0) is 68.9 Å². The molecule has 3 aromatic rings. The van der Waals surface area contributed by atoms with Gasteiger partial charge in [0.15, 0.2) is 16.8 Å². The second-order valence-electron chi connectivity index (χ2n) is 10.8. The Kier molecular flexibility index (Phi) is 7.17. The summed E-state index contributed by atoms with van der Waals surface area (Å²) < 4.78 is 33.5. The zero-order chi connectivity index (χ0) is 27.9. The minimum Gasteiger partial charge on any atom is -0.501 e. The summed E-state index contributed by atoms with van der Waals surface area (Å²) >= 11 is -1.68. The third-order valence-electron chi connectivity index (χ3n) is 7.86. The van der Waals surface area contributed by atoms with Crippen LogP contribution in [0.4, 0.5) is 4.39 Å². The summed E-state index contributed by atoms with van der Waals surface area (Å²) in [6.07, 6.45) is 2.18. The standard InChI is InChI=1S/C28H31FN4O5S/c1-17-3-6-20(7-4-17)39(37)38-16-27-9-11-28(30,12-10-27)26-32-22(23(34)25(36)33(26)15-27)24(35)31-14-19-5-8-21(29)18(2)13-19/h3-8,13,34H,9-12,14-16,30H2,1-2H3,(H,31,35). The number of benzene rings is 2. The zero-order valence-corrected chi connectivity index (χ0v) is 22.6. The highest BCUT2D eigenvalue weighted by Gasteiger charge is 2.49. The van der Waals surface area contributed by atoms with Crippen LogP contribution in [0.2, 0.25) is 0 Å². The number of hydrogen-bond donors (Lipinski definition) is 3. The number of halogens is 1. The molecule has 11 heteroatoms. The Hall–Kier alpha value is -3.41. The van der Waals surface area contributed by atoms with E-state index in [0.717, 1.165) is 5.56 Å². The molecule has 0 spiro atoms. The molecule has 3 heterocycles. The van der Waals surface area contributed by atoms with Crippen LogP contribution in [0.1, 0.15) is 58.7 Å². The monoisotopic (exact) mass is 554 g/mol. The van der Waals surface area contributed by atoms with Gasteiger partial charge in [-0.3, -0.25) is 18.3 Å². The number of amides is 1. The first kappa shape index (κ1) is 27.2. The number of carbonyl (C=O) groups excluding carboxylic acids is 1. The molecule has 1 atom stereocenters. The van der Waals surface area contributed by atoms with Crippen molar-refractivity contribution in [3.05, 3.63) is 86.8 Å². The Morgan fingerprint density at radius 1 is 1.18 bits per heavy atom. The molecule has 2 aliphatic heterocycles. The topological polar surface area (TPSA) is 137 Å². The molecule has 2 aromatic carbocycles. The molecule has 1 aliphatic carbocycles. The van der Waals surface area contributed by atoms with Gasteiger partial charge in [0.1, 0.15) is 11.6 Å². The summed E-state index contributed by atoms with van der Waals surface area (Å²) in [5.74, 6) is -1.61. The average Bonchev–Trinajstić information content (AvgIpc) is 3.12. The van der Waals surface area contributed by atoms with Gasteiger partial charge in [-0.2, -0.15) is 0 Å². The minimum absolute atomic E-state index is 0.0613. The van der Waals surface area contributed by atoms with Crippen molar-refractivity contribution in [3.8, 4) is 5.75 Å². The molecular weight excluding hydrogens is 523 g/mol. The van der Waals surface area contributed by atoms with Crippen molar-refractivity contribution in [1.82, 2.24) is 14.9 Å². The van der Waals surface area contributed by atoms with Gasteiger partial charge in [0.2, 0.25) is 5.75 Å². The van der Waals surface area contributed by atoms with E-state index in [1.165, 1.54) is 10.6 Å². The van der Waals surface area contributed by atoms with Crippen LogP contribution in [0.25, 0.3) is 0 Å². The highest BCUT2D eigenvalue weighted by Crippen LogP contribution is 2.48. The molecule has 2 bridgehead atoms. The normalized spacial score (nSPS) is 22.7. The number of nitrogens with two attached hydrogens (primary N) is 1. The molecule has 3 aliphatic rings. The van der Waals surface area contributed by atoms with E-state index < -0.39 is 44.9 Å². The van der Waals surface area contributed by atoms with Gasteiger partial charge in [-0.25, -0.2) is 13.6 Å². The maximum atomic E-state index is 13.6. The fraction of sp³-hybridized carbons (Fsp3) is 0.393. The SMILES string of the molecule is Cc1ccc(S(=O)OCC23CCC(N)(CC2)c2nc(C(=O)NCc4ccc(F)c(C)c4)c(O)c(=O)n2C3)cc1. The minimum atomic E-state index is -1.68. The molecule has 9 nitrogen and oxygen atoms in total. The predicted molar refractivity (Wildman–Crippen MR) is 143 cm³/mol. The highest BCUT2D eigenvalue weighted by molar-refractivity contribution is 7.80. The third kappa shape index (κ3) is 5.26. The zero-order valence-electron chi connectivity index (χ0n) is 21.8. The summed E-state index contributed by atoms with van der Waals surface area (Å²) in [5, 5.41) is 13.4. The van der Waals surface area contributed by atoms with Gasteiger partial charge < -0.3 is 16.2 Å². The van der Waals surface area contributed by atoms with E-state index in [1.54, 1.807) is 31.2 Å². The number of aromatic nitrogens is 2. The molecule has 1 amide bonds. The van der Waals surface area contributed by atoms with Crippen LogP contribution in [0.15, 0.2) is 52.2 Å². The Labute approximate surface area is 227 Å².